The first-order valence-electron chi connectivity index (χ1n) is 10.8. The van der Waals surface area contributed by atoms with Crippen LogP contribution in [0.5, 0.6) is 0 Å². The van der Waals surface area contributed by atoms with E-state index in [1.165, 1.54) is 37.1 Å². The highest BCUT2D eigenvalue weighted by Crippen LogP contribution is 2.42. The van der Waals surface area contributed by atoms with Gasteiger partial charge in [0.2, 0.25) is 5.91 Å². The number of piperidine rings is 1. The third-order valence-electron chi connectivity index (χ3n) is 6.11. The van der Waals surface area contributed by atoms with E-state index in [4.69, 9.17) is 0 Å². The Morgan fingerprint density at radius 1 is 1.13 bits per heavy atom. The van der Waals surface area contributed by atoms with Gasteiger partial charge >= 0.3 is 0 Å². The molecule has 166 valence electrons. The maximum Gasteiger partial charge on any atom is 0.265 e. The fourth-order valence-corrected chi connectivity index (χ4v) is 5.93. The second kappa shape index (κ2) is 8.96. The molecule has 2 aliphatic rings. The zero-order valence-electron chi connectivity index (χ0n) is 17.7. The van der Waals surface area contributed by atoms with Crippen LogP contribution in [0.2, 0.25) is 0 Å². The molecule has 1 saturated heterocycles. The average molecular weight is 446 g/mol. The molecule has 6 nitrogen and oxygen atoms in total. The van der Waals surface area contributed by atoms with E-state index in [9.17, 15) is 17.6 Å². The van der Waals surface area contributed by atoms with Crippen LogP contribution in [0.15, 0.2) is 47.4 Å². The van der Waals surface area contributed by atoms with E-state index in [2.05, 4.69) is 17.1 Å². The van der Waals surface area contributed by atoms with Crippen LogP contribution >= 0.6 is 0 Å². The van der Waals surface area contributed by atoms with E-state index >= 15 is 0 Å². The molecule has 1 N–H and O–H groups in total. The largest absolute Gasteiger partial charge is 0.354 e. The maximum absolute atomic E-state index is 13.9. The summed E-state index contributed by atoms with van der Waals surface area (Å²) in [7, 11) is -3.92. The van der Waals surface area contributed by atoms with Gasteiger partial charge in [-0.05, 0) is 69.1 Å². The van der Waals surface area contributed by atoms with Crippen molar-refractivity contribution in [1.82, 2.24) is 10.2 Å². The zero-order chi connectivity index (χ0) is 22.0. The van der Waals surface area contributed by atoms with Gasteiger partial charge in [-0.1, -0.05) is 25.1 Å². The van der Waals surface area contributed by atoms with Crippen LogP contribution in [-0.4, -0.2) is 51.9 Å². The molecule has 1 amide bonds. The van der Waals surface area contributed by atoms with Crippen molar-refractivity contribution in [3.8, 4) is 11.1 Å². The van der Waals surface area contributed by atoms with E-state index in [1.807, 2.05) is 0 Å². The molecule has 2 heterocycles. The van der Waals surface area contributed by atoms with Gasteiger partial charge in [-0.2, -0.15) is 0 Å². The summed E-state index contributed by atoms with van der Waals surface area (Å²) in [6.45, 7) is 5.53. The predicted octanol–water partition coefficient (Wildman–Crippen LogP) is 3.24. The molecule has 31 heavy (non-hydrogen) atoms. The molecular weight excluding hydrogens is 417 g/mol. The van der Waals surface area contributed by atoms with Crippen LogP contribution < -0.4 is 9.62 Å². The number of halogens is 1. The van der Waals surface area contributed by atoms with Crippen molar-refractivity contribution >= 4 is 21.6 Å². The number of carbonyl (C=O) groups excluding carboxylic acids is 1. The van der Waals surface area contributed by atoms with Crippen molar-refractivity contribution in [3.63, 3.8) is 0 Å². The normalized spacial score (nSPS) is 18.3. The summed E-state index contributed by atoms with van der Waals surface area (Å²) in [5.74, 6) is -0.0428. The minimum Gasteiger partial charge on any atom is -0.354 e. The maximum atomic E-state index is 13.9. The molecule has 2 aliphatic heterocycles. The molecular formula is C23H28FN3O3S. The number of benzene rings is 2. The van der Waals surface area contributed by atoms with Crippen LogP contribution in [0.25, 0.3) is 11.1 Å². The molecule has 0 radical (unpaired) electrons. The average Bonchev–Trinajstić information content (AvgIpc) is 2.76. The Morgan fingerprint density at radius 3 is 2.65 bits per heavy atom. The zero-order valence-corrected chi connectivity index (χ0v) is 18.5. The first-order chi connectivity index (χ1) is 14.9. The van der Waals surface area contributed by atoms with E-state index in [0.29, 0.717) is 23.4 Å². The number of nitrogens with zero attached hydrogens (tertiary/aromatic N) is 2. The van der Waals surface area contributed by atoms with Crippen molar-refractivity contribution in [3.05, 3.63) is 48.3 Å². The lowest BCUT2D eigenvalue weighted by Gasteiger charge is -2.31. The van der Waals surface area contributed by atoms with Crippen molar-refractivity contribution < 1.29 is 17.6 Å². The summed E-state index contributed by atoms with van der Waals surface area (Å²) >= 11 is 0. The van der Waals surface area contributed by atoms with Gasteiger partial charge in [0.05, 0.1) is 10.6 Å². The van der Waals surface area contributed by atoms with Crippen molar-refractivity contribution in [2.24, 2.45) is 5.92 Å². The number of rotatable bonds is 6. The first kappa shape index (κ1) is 21.8. The second-order valence-electron chi connectivity index (χ2n) is 8.40. The third kappa shape index (κ3) is 4.60. The standard InChI is InChI=1S/C23H28FN3O3S/c1-17-9-13-26(14-10-17)12-4-11-25-23(28)16-27-21-8-7-18(24)15-20(21)19-5-2-3-6-22(19)31(27,29)30/h2-3,5-8,15,17H,4,9-14,16H2,1H3,(H,25,28). The van der Waals surface area contributed by atoms with Crippen LogP contribution in [0.1, 0.15) is 26.2 Å². The predicted molar refractivity (Wildman–Crippen MR) is 119 cm³/mol. The Bertz CT molecular complexity index is 1070. The third-order valence-corrected chi connectivity index (χ3v) is 7.93. The molecule has 1 fully saturated rings. The summed E-state index contributed by atoms with van der Waals surface area (Å²) < 4.78 is 41.4. The number of hydrogen-bond acceptors (Lipinski definition) is 4. The molecule has 2 aromatic carbocycles. The summed E-state index contributed by atoms with van der Waals surface area (Å²) in [5, 5.41) is 2.84. The number of likely N-dealkylation sites (tertiary alicyclic amines) is 1. The highest BCUT2D eigenvalue weighted by Gasteiger charge is 2.36. The molecule has 0 bridgehead atoms. The van der Waals surface area contributed by atoms with Gasteiger partial charge in [0.25, 0.3) is 10.0 Å². The fourth-order valence-electron chi connectivity index (χ4n) is 4.28. The summed E-state index contributed by atoms with van der Waals surface area (Å²) in [6.07, 6.45) is 3.23. The Morgan fingerprint density at radius 2 is 1.87 bits per heavy atom. The number of nitrogens with one attached hydrogen (secondary N) is 1. The van der Waals surface area contributed by atoms with Gasteiger partial charge in [0.1, 0.15) is 12.4 Å². The van der Waals surface area contributed by atoms with Gasteiger partial charge in [-0.15, -0.1) is 0 Å². The minimum absolute atomic E-state index is 0.0835. The number of carbonyl (C=O) groups is 1. The Labute approximate surface area is 183 Å². The van der Waals surface area contributed by atoms with Crippen molar-refractivity contribution in [2.75, 3.05) is 37.0 Å². The van der Waals surface area contributed by atoms with Gasteiger partial charge < -0.3 is 10.2 Å². The Hall–Kier alpha value is -2.45. The molecule has 0 atom stereocenters. The molecule has 0 spiro atoms. The van der Waals surface area contributed by atoms with E-state index in [1.54, 1.807) is 18.2 Å². The quantitative estimate of drug-likeness (QED) is 0.693. The fraction of sp³-hybridized carbons (Fsp3) is 0.435. The van der Waals surface area contributed by atoms with Crippen LogP contribution in [0.4, 0.5) is 10.1 Å². The molecule has 0 unspecified atom stereocenters. The number of hydrogen-bond donors (Lipinski definition) is 1. The summed E-state index contributed by atoms with van der Waals surface area (Å²) in [6, 6.07) is 10.4. The van der Waals surface area contributed by atoms with Crippen LogP contribution in [0, 0.1) is 11.7 Å². The topological polar surface area (TPSA) is 69.7 Å². The SMILES string of the molecule is CC1CCN(CCCNC(=O)CN2c3ccc(F)cc3-c3ccccc3S2(=O)=O)CC1. The Kier molecular flexibility index (Phi) is 6.29. The number of sulfonamides is 1. The van der Waals surface area contributed by atoms with Crippen molar-refractivity contribution in [2.45, 2.75) is 31.1 Å². The van der Waals surface area contributed by atoms with E-state index in [0.717, 1.165) is 36.3 Å². The smallest absolute Gasteiger partial charge is 0.265 e. The molecule has 0 aromatic heterocycles. The van der Waals surface area contributed by atoms with Crippen LogP contribution in [-0.2, 0) is 14.8 Å². The summed E-state index contributed by atoms with van der Waals surface area (Å²) in [4.78, 5) is 15.1. The molecule has 8 heteroatoms. The molecule has 0 aliphatic carbocycles. The monoisotopic (exact) mass is 445 g/mol. The van der Waals surface area contributed by atoms with Gasteiger partial charge in [-0.3, -0.25) is 9.10 Å². The van der Waals surface area contributed by atoms with Crippen molar-refractivity contribution in [1.29, 1.82) is 0 Å². The van der Waals surface area contributed by atoms with E-state index in [-0.39, 0.29) is 17.3 Å². The van der Waals surface area contributed by atoms with Crippen LogP contribution in [0.3, 0.4) is 0 Å². The lowest BCUT2D eigenvalue weighted by Crippen LogP contribution is -2.43. The highest BCUT2D eigenvalue weighted by atomic mass is 32.2. The molecule has 0 saturated carbocycles. The van der Waals surface area contributed by atoms with E-state index < -0.39 is 15.8 Å². The lowest BCUT2D eigenvalue weighted by atomic mass is 9.99. The second-order valence-corrected chi connectivity index (χ2v) is 10.2. The number of anilines is 1. The van der Waals surface area contributed by atoms with Gasteiger partial charge in [-0.25, -0.2) is 12.8 Å². The number of amides is 1. The number of fused-ring (bicyclic) bond motifs is 3. The highest BCUT2D eigenvalue weighted by molar-refractivity contribution is 7.93. The first-order valence-corrected chi connectivity index (χ1v) is 12.2. The Balaban J connectivity index is 1.42. The lowest BCUT2D eigenvalue weighted by molar-refractivity contribution is -0.119. The summed E-state index contributed by atoms with van der Waals surface area (Å²) in [5.41, 5.74) is 1.24. The molecule has 4 rings (SSSR count). The minimum atomic E-state index is -3.92. The van der Waals surface area contributed by atoms with Gasteiger partial charge in [0.15, 0.2) is 0 Å². The van der Waals surface area contributed by atoms with Gasteiger partial charge in [0, 0.05) is 17.7 Å². The molecule has 2 aromatic rings.